The number of hydrogen-bond donors (Lipinski definition) is 1. The van der Waals surface area contributed by atoms with Crippen LogP contribution in [0.1, 0.15) is 0 Å². The molecule has 0 aliphatic carbocycles. The molecule has 0 saturated carbocycles. The molecule has 148 valence electrons. The largest absolute Gasteiger partial charge is 0.361 e. The van der Waals surface area contributed by atoms with Gasteiger partial charge in [-0.1, -0.05) is 51.5 Å². The molecule has 2 aromatic carbocycles. The summed E-state index contributed by atoms with van der Waals surface area (Å²) in [5.41, 5.74) is 2.41. The van der Waals surface area contributed by atoms with Crippen molar-refractivity contribution >= 4 is 61.7 Å². The Hall–Kier alpha value is -1.34. The Morgan fingerprint density at radius 1 is 0.929 bits per heavy atom. The monoisotopic (exact) mass is 520 g/mol. The molecule has 1 N–H and O–H groups in total. The quantitative estimate of drug-likeness (QED) is 0.212. The van der Waals surface area contributed by atoms with E-state index in [2.05, 4.69) is 110 Å². The molecule has 28 heavy (non-hydrogen) atoms. The van der Waals surface area contributed by atoms with E-state index < -0.39 is 8.07 Å². The minimum Gasteiger partial charge on any atom is -0.361 e. The lowest BCUT2D eigenvalue weighted by Gasteiger charge is -2.15. The maximum atomic E-state index is 5.78. The first-order chi connectivity index (χ1) is 13.3. The summed E-state index contributed by atoms with van der Waals surface area (Å²) < 4.78 is 10.2. The third-order valence-corrected chi connectivity index (χ3v) is 7.17. The number of ether oxygens (including phenoxy) is 1. The molecular formula is C22H26Br2N2OSi. The van der Waals surface area contributed by atoms with Crippen LogP contribution in [0.25, 0.3) is 21.8 Å². The Morgan fingerprint density at radius 3 is 2.39 bits per heavy atom. The number of halogens is 2. The van der Waals surface area contributed by atoms with Crippen molar-refractivity contribution in [2.75, 3.05) is 6.61 Å². The Labute approximate surface area is 184 Å². The van der Waals surface area contributed by atoms with Gasteiger partial charge in [0.1, 0.15) is 6.73 Å². The van der Waals surface area contributed by atoms with Crippen molar-refractivity contribution in [3.8, 4) is 0 Å². The van der Waals surface area contributed by atoms with Gasteiger partial charge in [-0.25, -0.2) is 0 Å². The highest BCUT2D eigenvalue weighted by atomic mass is 79.9. The van der Waals surface area contributed by atoms with Crippen LogP contribution in [-0.2, 0) is 11.5 Å². The lowest BCUT2D eigenvalue weighted by molar-refractivity contribution is 0.0902. The zero-order chi connectivity index (χ0) is 20.1. The Bertz CT molecular complexity index is 1050. The van der Waals surface area contributed by atoms with Crippen molar-refractivity contribution in [3.05, 3.63) is 69.9 Å². The van der Waals surface area contributed by atoms with Crippen LogP contribution in [0, 0.1) is 0 Å². The van der Waals surface area contributed by atoms with E-state index in [1.807, 2.05) is 12.3 Å². The van der Waals surface area contributed by atoms with Crippen LogP contribution in [0.2, 0.25) is 25.7 Å². The minimum atomic E-state index is -0.981. The highest BCUT2D eigenvalue weighted by Crippen LogP contribution is 2.21. The Kier molecular flexibility index (Phi) is 7.20. The summed E-state index contributed by atoms with van der Waals surface area (Å²) in [7, 11) is -0.981. The van der Waals surface area contributed by atoms with Gasteiger partial charge in [0.25, 0.3) is 0 Å². The van der Waals surface area contributed by atoms with Gasteiger partial charge in [-0.2, -0.15) is 0 Å². The number of nitrogens with zero attached hydrogens (tertiary/aromatic N) is 1. The standard InChI is InChI=1S/C14H20BrNOSi.C8H6BrN/c1-18(2,3)9-8-17-11-16-7-6-12-10-13(15)4-5-14(12)16;9-7-1-2-8-6(5-7)3-4-10-8/h4-7,10H,8-9,11H2,1-3H3;1-5,10H. The number of aromatic nitrogens is 2. The van der Waals surface area contributed by atoms with Crippen LogP contribution >= 0.6 is 31.9 Å². The molecular weight excluding hydrogens is 496 g/mol. The first kappa shape index (κ1) is 21.4. The molecule has 0 saturated heterocycles. The maximum absolute atomic E-state index is 5.78. The van der Waals surface area contributed by atoms with Crippen molar-refractivity contribution in [1.82, 2.24) is 9.55 Å². The van der Waals surface area contributed by atoms with Crippen LogP contribution < -0.4 is 0 Å². The van der Waals surface area contributed by atoms with Gasteiger partial charge in [0, 0.05) is 52.3 Å². The third-order valence-electron chi connectivity index (χ3n) is 4.48. The van der Waals surface area contributed by atoms with Gasteiger partial charge < -0.3 is 14.3 Å². The van der Waals surface area contributed by atoms with Gasteiger partial charge in [0.2, 0.25) is 0 Å². The molecule has 0 spiro atoms. The van der Waals surface area contributed by atoms with Gasteiger partial charge >= 0.3 is 0 Å². The van der Waals surface area contributed by atoms with E-state index in [-0.39, 0.29) is 0 Å². The molecule has 4 aromatic rings. The number of H-pyrrole nitrogens is 1. The lowest BCUT2D eigenvalue weighted by Crippen LogP contribution is -2.21. The van der Waals surface area contributed by atoms with Gasteiger partial charge in [0.05, 0.1) is 5.52 Å². The van der Waals surface area contributed by atoms with Crippen molar-refractivity contribution in [2.24, 2.45) is 0 Å². The van der Waals surface area contributed by atoms with E-state index in [1.165, 1.54) is 27.8 Å². The summed E-state index contributed by atoms with van der Waals surface area (Å²) in [6, 6.07) is 17.9. The second-order valence-electron chi connectivity index (χ2n) is 8.05. The summed E-state index contributed by atoms with van der Waals surface area (Å²) in [6.45, 7) is 8.64. The molecule has 6 heteroatoms. The van der Waals surface area contributed by atoms with Gasteiger partial charge in [-0.3, -0.25) is 0 Å². The summed E-state index contributed by atoms with van der Waals surface area (Å²) in [5, 5.41) is 2.49. The van der Waals surface area contributed by atoms with Crippen LogP contribution in [0.4, 0.5) is 0 Å². The topological polar surface area (TPSA) is 29.9 Å². The smallest absolute Gasteiger partial charge is 0.122 e. The molecule has 0 aliphatic heterocycles. The summed E-state index contributed by atoms with van der Waals surface area (Å²) in [5.74, 6) is 0. The van der Waals surface area contributed by atoms with Crippen molar-refractivity contribution in [2.45, 2.75) is 32.4 Å². The molecule has 2 heterocycles. The van der Waals surface area contributed by atoms with Crippen LogP contribution in [0.3, 0.4) is 0 Å². The Morgan fingerprint density at radius 2 is 1.64 bits per heavy atom. The fourth-order valence-electron chi connectivity index (χ4n) is 2.85. The van der Waals surface area contributed by atoms with Crippen LogP contribution in [0.15, 0.2) is 69.9 Å². The number of nitrogens with one attached hydrogen (secondary N) is 1. The fraction of sp³-hybridized carbons (Fsp3) is 0.273. The van der Waals surface area contributed by atoms with Crippen molar-refractivity contribution < 1.29 is 4.74 Å². The Balaban J connectivity index is 0.000000188. The second-order valence-corrected chi connectivity index (χ2v) is 15.5. The minimum absolute atomic E-state index is 0.648. The predicted molar refractivity (Wildman–Crippen MR) is 130 cm³/mol. The summed E-state index contributed by atoms with van der Waals surface area (Å²) >= 11 is 6.89. The van der Waals surface area contributed by atoms with E-state index in [4.69, 9.17) is 4.74 Å². The van der Waals surface area contributed by atoms with E-state index in [0.29, 0.717) is 6.73 Å². The van der Waals surface area contributed by atoms with Gasteiger partial charge in [0.15, 0.2) is 0 Å². The first-order valence-electron chi connectivity index (χ1n) is 9.37. The maximum Gasteiger partial charge on any atom is 0.122 e. The number of aromatic amines is 1. The van der Waals surface area contributed by atoms with Gasteiger partial charge in [-0.15, -0.1) is 0 Å². The fourth-order valence-corrected chi connectivity index (χ4v) is 4.36. The summed E-state index contributed by atoms with van der Waals surface area (Å²) in [4.78, 5) is 3.13. The molecule has 0 atom stereocenters. The highest BCUT2D eigenvalue weighted by molar-refractivity contribution is 9.10. The molecule has 0 fully saturated rings. The molecule has 2 aromatic heterocycles. The number of hydrogen-bond acceptors (Lipinski definition) is 1. The van der Waals surface area contributed by atoms with Crippen LogP contribution in [-0.4, -0.2) is 24.2 Å². The molecule has 0 radical (unpaired) electrons. The van der Waals surface area contributed by atoms with Crippen LogP contribution in [0.5, 0.6) is 0 Å². The second kappa shape index (κ2) is 9.44. The normalized spacial score (nSPS) is 11.6. The number of fused-ring (bicyclic) bond motifs is 2. The molecule has 0 unspecified atom stereocenters. The number of rotatable bonds is 5. The molecule has 0 amide bonds. The summed E-state index contributed by atoms with van der Waals surface area (Å²) in [6.07, 6.45) is 4.03. The van der Waals surface area contributed by atoms with E-state index in [1.54, 1.807) is 0 Å². The first-order valence-corrected chi connectivity index (χ1v) is 14.7. The zero-order valence-corrected chi connectivity index (χ0v) is 20.7. The molecule has 0 aliphatic rings. The SMILES string of the molecule is Brc1ccc2[nH]ccc2c1.C[Si](C)(C)CCOCn1ccc2cc(Br)ccc21. The van der Waals surface area contributed by atoms with E-state index in [0.717, 1.165) is 15.6 Å². The highest BCUT2D eigenvalue weighted by Gasteiger charge is 2.12. The average Bonchev–Trinajstić information content (AvgIpc) is 3.24. The van der Waals surface area contributed by atoms with Crippen molar-refractivity contribution in [1.29, 1.82) is 0 Å². The van der Waals surface area contributed by atoms with E-state index >= 15 is 0 Å². The van der Waals surface area contributed by atoms with E-state index in [9.17, 15) is 0 Å². The number of benzene rings is 2. The lowest BCUT2D eigenvalue weighted by atomic mass is 10.2. The molecule has 3 nitrogen and oxygen atoms in total. The average molecular weight is 522 g/mol. The molecule has 0 bridgehead atoms. The third kappa shape index (κ3) is 6.08. The predicted octanol–water partition coefficient (Wildman–Crippen LogP) is 7.65. The zero-order valence-electron chi connectivity index (χ0n) is 16.5. The van der Waals surface area contributed by atoms with Crippen molar-refractivity contribution in [3.63, 3.8) is 0 Å². The molecule has 4 rings (SSSR count). The van der Waals surface area contributed by atoms with Gasteiger partial charge in [-0.05, 0) is 54.6 Å².